The van der Waals surface area contributed by atoms with E-state index in [0.717, 1.165) is 26.2 Å². The zero-order valence-corrected chi connectivity index (χ0v) is 14.7. The first-order valence-corrected chi connectivity index (χ1v) is 8.81. The van der Waals surface area contributed by atoms with Gasteiger partial charge in [-0.05, 0) is 27.8 Å². The SMILES string of the molecule is CC(C)N(C)Cc1cnc2n1CCN(Cc1nccs1)[C@H]2C. The maximum atomic E-state index is 4.71. The normalized spacial score (nSPS) is 19.1. The van der Waals surface area contributed by atoms with Gasteiger partial charge in [0.2, 0.25) is 0 Å². The van der Waals surface area contributed by atoms with E-state index in [0.29, 0.717) is 12.1 Å². The topological polar surface area (TPSA) is 37.2 Å². The van der Waals surface area contributed by atoms with Gasteiger partial charge in [0, 0.05) is 43.4 Å². The highest BCUT2D eigenvalue weighted by atomic mass is 32.1. The number of hydrogen-bond acceptors (Lipinski definition) is 5. The van der Waals surface area contributed by atoms with Gasteiger partial charge in [-0.25, -0.2) is 9.97 Å². The summed E-state index contributed by atoms with van der Waals surface area (Å²) in [5.74, 6) is 1.19. The quantitative estimate of drug-likeness (QED) is 0.849. The molecule has 0 spiro atoms. The summed E-state index contributed by atoms with van der Waals surface area (Å²) in [7, 11) is 2.17. The molecule has 0 bridgehead atoms. The molecular formula is C16H25N5S. The van der Waals surface area contributed by atoms with Crippen LogP contribution in [0.3, 0.4) is 0 Å². The number of rotatable bonds is 5. The van der Waals surface area contributed by atoms with Crippen LogP contribution in [0, 0.1) is 0 Å². The lowest BCUT2D eigenvalue weighted by Gasteiger charge is -2.34. The van der Waals surface area contributed by atoms with E-state index >= 15 is 0 Å². The third-order valence-electron chi connectivity index (χ3n) is 4.62. The van der Waals surface area contributed by atoms with Crippen LogP contribution < -0.4 is 0 Å². The molecule has 1 aliphatic rings. The van der Waals surface area contributed by atoms with Gasteiger partial charge in [0.15, 0.2) is 0 Å². The first-order valence-electron chi connectivity index (χ1n) is 7.93. The lowest BCUT2D eigenvalue weighted by atomic mass is 10.2. The molecule has 0 saturated heterocycles. The van der Waals surface area contributed by atoms with Crippen LogP contribution >= 0.6 is 11.3 Å². The fraction of sp³-hybridized carbons (Fsp3) is 0.625. The van der Waals surface area contributed by atoms with Gasteiger partial charge in [0.05, 0.1) is 18.3 Å². The van der Waals surface area contributed by atoms with Crippen LogP contribution in [0.2, 0.25) is 0 Å². The van der Waals surface area contributed by atoms with Crippen molar-refractivity contribution in [3.63, 3.8) is 0 Å². The lowest BCUT2D eigenvalue weighted by Crippen LogP contribution is -2.37. The Balaban J connectivity index is 1.74. The van der Waals surface area contributed by atoms with Crippen molar-refractivity contribution in [3.8, 4) is 0 Å². The average Bonchev–Trinajstić information content (AvgIpc) is 3.12. The van der Waals surface area contributed by atoms with Gasteiger partial charge >= 0.3 is 0 Å². The summed E-state index contributed by atoms with van der Waals surface area (Å²) in [5, 5.41) is 3.23. The second kappa shape index (κ2) is 6.48. The monoisotopic (exact) mass is 319 g/mol. The Hall–Kier alpha value is -1.24. The summed E-state index contributed by atoms with van der Waals surface area (Å²) in [6.45, 7) is 10.7. The molecule has 0 aromatic carbocycles. The number of hydrogen-bond donors (Lipinski definition) is 0. The largest absolute Gasteiger partial charge is 0.328 e. The average molecular weight is 319 g/mol. The van der Waals surface area contributed by atoms with E-state index in [1.54, 1.807) is 11.3 Å². The Labute approximate surface area is 136 Å². The van der Waals surface area contributed by atoms with Crippen molar-refractivity contribution in [2.24, 2.45) is 0 Å². The minimum Gasteiger partial charge on any atom is -0.328 e. The zero-order valence-electron chi connectivity index (χ0n) is 13.9. The predicted octanol–water partition coefficient (Wildman–Crippen LogP) is 2.76. The van der Waals surface area contributed by atoms with Gasteiger partial charge < -0.3 is 4.57 Å². The fourth-order valence-electron chi connectivity index (χ4n) is 2.89. The molecule has 0 unspecified atom stereocenters. The van der Waals surface area contributed by atoms with E-state index in [2.05, 4.69) is 53.4 Å². The van der Waals surface area contributed by atoms with E-state index in [4.69, 9.17) is 4.98 Å². The Morgan fingerprint density at radius 3 is 2.86 bits per heavy atom. The Kier molecular flexibility index (Phi) is 4.61. The van der Waals surface area contributed by atoms with Gasteiger partial charge in [-0.1, -0.05) is 0 Å². The molecule has 0 amide bonds. The summed E-state index contributed by atoms with van der Waals surface area (Å²) in [5.41, 5.74) is 1.33. The van der Waals surface area contributed by atoms with Crippen molar-refractivity contribution < 1.29 is 0 Å². The summed E-state index contributed by atoms with van der Waals surface area (Å²) in [4.78, 5) is 13.9. The molecule has 1 atom stereocenters. The van der Waals surface area contributed by atoms with Crippen LogP contribution in [-0.2, 0) is 19.6 Å². The van der Waals surface area contributed by atoms with Crippen molar-refractivity contribution in [1.29, 1.82) is 0 Å². The first-order chi connectivity index (χ1) is 10.6. The van der Waals surface area contributed by atoms with E-state index in [9.17, 15) is 0 Å². The Morgan fingerprint density at radius 1 is 1.36 bits per heavy atom. The molecule has 0 aliphatic carbocycles. The molecule has 6 heteroatoms. The minimum atomic E-state index is 0.343. The van der Waals surface area contributed by atoms with Crippen molar-refractivity contribution in [1.82, 2.24) is 24.3 Å². The van der Waals surface area contributed by atoms with Crippen LogP contribution in [0.4, 0.5) is 0 Å². The van der Waals surface area contributed by atoms with E-state index in [1.165, 1.54) is 16.5 Å². The fourth-order valence-corrected chi connectivity index (χ4v) is 3.53. The molecule has 0 radical (unpaired) electrons. The molecule has 0 N–H and O–H groups in total. The number of thiazole rings is 1. The molecule has 2 aromatic rings. The van der Waals surface area contributed by atoms with Crippen molar-refractivity contribution in [2.75, 3.05) is 13.6 Å². The first kappa shape index (κ1) is 15.6. The number of fused-ring (bicyclic) bond motifs is 1. The summed E-state index contributed by atoms with van der Waals surface area (Å²) in [6.07, 6.45) is 3.94. The second-order valence-corrected chi connectivity index (χ2v) is 7.32. The third kappa shape index (κ3) is 3.09. The van der Waals surface area contributed by atoms with Gasteiger partial charge in [0.1, 0.15) is 10.8 Å². The molecule has 22 heavy (non-hydrogen) atoms. The minimum absolute atomic E-state index is 0.343. The Bertz CT molecular complexity index is 604. The third-order valence-corrected chi connectivity index (χ3v) is 5.38. The molecule has 1 aliphatic heterocycles. The standard InChI is InChI=1S/C16H25N5S/c1-12(2)19(4)10-14-9-18-16-13(3)20(6-7-21(14)16)11-15-17-5-8-22-15/h5,8-9,12-13H,6-7,10-11H2,1-4H3/t13-/m0/s1. The summed E-state index contributed by atoms with van der Waals surface area (Å²) >= 11 is 1.73. The van der Waals surface area contributed by atoms with Crippen molar-refractivity contribution in [3.05, 3.63) is 34.3 Å². The molecule has 0 saturated carbocycles. The van der Waals surface area contributed by atoms with Gasteiger partial charge in [0.25, 0.3) is 0 Å². The molecule has 2 aromatic heterocycles. The number of aromatic nitrogens is 3. The van der Waals surface area contributed by atoms with Crippen molar-refractivity contribution >= 4 is 11.3 Å². The predicted molar refractivity (Wildman–Crippen MR) is 89.8 cm³/mol. The maximum Gasteiger partial charge on any atom is 0.126 e. The summed E-state index contributed by atoms with van der Waals surface area (Å²) < 4.78 is 2.40. The zero-order chi connectivity index (χ0) is 15.7. The van der Waals surface area contributed by atoms with Gasteiger partial charge in [-0.2, -0.15) is 0 Å². The highest BCUT2D eigenvalue weighted by Crippen LogP contribution is 2.27. The molecule has 5 nitrogen and oxygen atoms in total. The molecular weight excluding hydrogens is 294 g/mol. The van der Waals surface area contributed by atoms with Crippen LogP contribution in [0.5, 0.6) is 0 Å². The molecule has 3 rings (SSSR count). The van der Waals surface area contributed by atoms with Crippen molar-refractivity contribution in [2.45, 2.75) is 52.5 Å². The highest BCUT2D eigenvalue weighted by Gasteiger charge is 2.27. The number of imidazole rings is 1. The van der Waals surface area contributed by atoms with Crippen LogP contribution in [-0.4, -0.2) is 44.0 Å². The van der Waals surface area contributed by atoms with Crippen LogP contribution in [0.25, 0.3) is 0 Å². The second-order valence-electron chi connectivity index (χ2n) is 6.34. The smallest absolute Gasteiger partial charge is 0.126 e. The summed E-state index contributed by atoms with van der Waals surface area (Å²) in [6, 6.07) is 0.893. The van der Waals surface area contributed by atoms with Crippen LogP contribution in [0.15, 0.2) is 17.8 Å². The molecule has 120 valence electrons. The Morgan fingerprint density at radius 2 is 2.18 bits per heavy atom. The van der Waals surface area contributed by atoms with Gasteiger partial charge in [-0.3, -0.25) is 9.80 Å². The lowest BCUT2D eigenvalue weighted by molar-refractivity contribution is 0.152. The van der Waals surface area contributed by atoms with Gasteiger partial charge in [-0.15, -0.1) is 11.3 Å². The van der Waals surface area contributed by atoms with E-state index in [-0.39, 0.29) is 0 Å². The van der Waals surface area contributed by atoms with E-state index < -0.39 is 0 Å². The maximum absolute atomic E-state index is 4.71. The van der Waals surface area contributed by atoms with E-state index in [1.807, 2.05) is 11.6 Å². The van der Waals surface area contributed by atoms with Crippen LogP contribution in [0.1, 0.15) is 43.3 Å². The molecule has 0 fully saturated rings. The molecule has 3 heterocycles. The highest BCUT2D eigenvalue weighted by molar-refractivity contribution is 7.09. The number of nitrogens with zero attached hydrogens (tertiary/aromatic N) is 5.